The number of nitrogens with one attached hydrogen (secondary N) is 2. The maximum Gasteiger partial charge on any atom is 0.0207 e. The van der Waals surface area contributed by atoms with E-state index in [2.05, 4.69) is 17.6 Å². The molecule has 1 saturated heterocycles. The summed E-state index contributed by atoms with van der Waals surface area (Å²) in [7, 11) is 0. The zero-order chi connectivity index (χ0) is 7.40. The van der Waals surface area contributed by atoms with Gasteiger partial charge in [-0.15, -0.1) is 0 Å². The Balaban J connectivity index is 2.13. The summed E-state index contributed by atoms with van der Waals surface area (Å²) in [6.45, 7) is 5.30. The van der Waals surface area contributed by atoms with Gasteiger partial charge in [0.25, 0.3) is 0 Å². The molecule has 0 radical (unpaired) electrons. The van der Waals surface area contributed by atoms with Crippen molar-refractivity contribution in [1.29, 1.82) is 0 Å². The highest BCUT2D eigenvalue weighted by atomic mass is 15.1. The van der Waals surface area contributed by atoms with Gasteiger partial charge < -0.3 is 16.4 Å². The zero-order valence-corrected chi connectivity index (χ0v) is 6.56. The van der Waals surface area contributed by atoms with Crippen molar-refractivity contribution < 1.29 is 0 Å². The van der Waals surface area contributed by atoms with Crippen molar-refractivity contribution in [2.75, 3.05) is 19.6 Å². The molecule has 4 N–H and O–H groups in total. The molecule has 1 fully saturated rings. The van der Waals surface area contributed by atoms with Crippen LogP contribution in [0.5, 0.6) is 0 Å². The van der Waals surface area contributed by atoms with E-state index in [9.17, 15) is 0 Å². The number of hydrogen-bond acceptors (Lipinski definition) is 3. The van der Waals surface area contributed by atoms with Crippen LogP contribution in [-0.2, 0) is 0 Å². The summed E-state index contributed by atoms with van der Waals surface area (Å²) < 4.78 is 0. The molecule has 0 aromatic carbocycles. The van der Waals surface area contributed by atoms with Crippen molar-refractivity contribution in [2.24, 2.45) is 5.73 Å². The molecule has 0 amide bonds. The number of piperazine rings is 1. The maximum atomic E-state index is 5.66. The van der Waals surface area contributed by atoms with Crippen molar-refractivity contribution in [3.8, 4) is 0 Å². The first-order valence-corrected chi connectivity index (χ1v) is 3.98. The SMILES string of the molecule is C[C@@H](N)C[C@H]1CNCCN1. The number of hydrogen-bond donors (Lipinski definition) is 3. The first-order valence-electron chi connectivity index (χ1n) is 3.98. The minimum absolute atomic E-state index is 0.317. The fraction of sp³-hybridized carbons (Fsp3) is 1.00. The van der Waals surface area contributed by atoms with Gasteiger partial charge in [0.2, 0.25) is 0 Å². The monoisotopic (exact) mass is 143 g/mol. The second kappa shape index (κ2) is 3.91. The highest BCUT2D eigenvalue weighted by Crippen LogP contribution is 1.96. The Labute approximate surface area is 62.4 Å². The normalized spacial score (nSPS) is 30.0. The zero-order valence-electron chi connectivity index (χ0n) is 6.56. The third kappa shape index (κ3) is 2.64. The Hall–Kier alpha value is -0.120. The molecule has 1 aliphatic heterocycles. The highest BCUT2D eigenvalue weighted by Gasteiger charge is 2.12. The molecule has 1 heterocycles. The van der Waals surface area contributed by atoms with Gasteiger partial charge in [0, 0.05) is 31.7 Å². The lowest BCUT2D eigenvalue weighted by Gasteiger charge is -2.25. The van der Waals surface area contributed by atoms with Crippen LogP contribution >= 0.6 is 0 Å². The predicted molar refractivity (Wildman–Crippen MR) is 42.9 cm³/mol. The molecular formula is C7H17N3. The van der Waals surface area contributed by atoms with Crippen LogP contribution in [0.3, 0.4) is 0 Å². The molecule has 1 aliphatic rings. The van der Waals surface area contributed by atoms with Crippen LogP contribution in [-0.4, -0.2) is 31.7 Å². The summed E-state index contributed by atoms with van der Waals surface area (Å²) >= 11 is 0. The minimum Gasteiger partial charge on any atom is -0.328 e. The summed E-state index contributed by atoms with van der Waals surface area (Å²) in [5.74, 6) is 0. The van der Waals surface area contributed by atoms with Gasteiger partial charge in [-0.25, -0.2) is 0 Å². The van der Waals surface area contributed by atoms with Crippen LogP contribution in [0, 0.1) is 0 Å². The molecule has 2 atom stereocenters. The first kappa shape index (κ1) is 7.98. The average molecular weight is 143 g/mol. The number of rotatable bonds is 2. The van der Waals surface area contributed by atoms with Gasteiger partial charge in [-0.2, -0.15) is 0 Å². The summed E-state index contributed by atoms with van der Waals surface area (Å²) in [6, 6.07) is 0.908. The summed E-state index contributed by atoms with van der Waals surface area (Å²) in [4.78, 5) is 0. The van der Waals surface area contributed by atoms with E-state index in [1.165, 1.54) is 0 Å². The minimum atomic E-state index is 0.317. The summed E-state index contributed by atoms with van der Waals surface area (Å²) in [5, 5.41) is 6.73. The Bertz CT molecular complexity index is 86.9. The lowest BCUT2D eigenvalue weighted by molar-refractivity contribution is 0.382. The van der Waals surface area contributed by atoms with Crippen LogP contribution in [0.25, 0.3) is 0 Å². The Kier molecular flexibility index (Phi) is 3.12. The van der Waals surface area contributed by atoms with E-state index < -0.39 is 0 Å². The Morgan fingerprint density at radius 2 is 2.40 bits per heavy atom. The topological polar surface area (TPSA) is 50.1 Å². The molecule has 60 valence electrons. The van der Waals surface area contributed by atoms with E-state index in [1.807, 2.05) is 0 Å². The molecule has 0 aliphatic carbocycles. The molecule has 0 bridgehead atoms. The lowest BCUT2D eigenvalue weighted by atomic mass is 10.1. The maximum absolute atomic E-state index is 5.66. The van der Waals surface area contributed by atoms with E-state index >= 15 is 0 Å². The summed E-state index contributed by atoms with van der Waals surface area (Å²) in [6.07, 6.45) is 1.08. The van der Waals surface area contributed by atoms with Crippen molar-refractivity contribution in [3.05, 3.63) is 0 Å². The summed E-state index contributed by atoms with van der Waals surface area (Å²) in [5.41, 5.74) is 5.66. The van der Waals surface area contributed by atoms with Crippen LogP contribution in [0.15, 0.2) is 0 Å². The fourth-order valence-corrected chi connectivity index (χ4v) is 1.33. The average Bonchev–Trinajstić information content (AvgIpc) is 1.88. The standard InChI is InChI=1S/C7H17N3/c1-6(8)4-7-5-9-2-3-10-7/h6-7,9-10H,2-5,8H2,1H3/t6-,7+/m1/s1. The molecule has 0 aromatic rings. The van der Waals surface area contributed by atoms with Crippen LogP contribution in [0.1, 0.15) is 13.3 Å². The van der Waals surface area contributed by atoms with E-state index in [0.717, 1.165) is 26.1 Å². The van der Waals surface area contributed by atoms with Gasteiger partial charge in [0.15, 0.2) is 0 Å². The molecule has 10 heavy (non-hydrogen) atoms. The van der Waals surface area contributed by atoms with Crippen molar-refractivity contribution in [1.82, 2.24) is 10.6 Å². The van der Waals surface area contributed by atoms with Gasteiger partial charge in [0.05, 0.1) is 0 Å². The van der Waals surface area contributed by atoms with Crippen molar-refractivity contribution in [2.45, 2.75) is 25.4 Å². The Morgan fingerprint density at radius 3 is 2.90 bits per heavy atom. The quantitative estimate of drug-likeness (QED) is 0.478. The third-order valence-corrected chi connectivity index (χ3v) is 1.78. The van der Waals surface area contributed by atoms with Crippen LogP contribution in [0.4, 0.5) is 0 Å². The van der Waals surface area contributed by atoms with E-state index in [-0.39, 0.29) is 0 Å². The third-order valence-electron chi connectivity index (χ3n) is 1.78. The molecule has 0 saturated carbocycles. The van der Waals surface area contributed by atoms with Gasteiger partial charge >= 0.3 is 0 Å². The molecule has 0 aromatic heterocycles. The second-order valence-electron chi connectivity index (χ2n) is 3.07. The van der Waals surface area contributed by atoms with E-state index in [4.69, 9.17) is 5.73 Å². The molecule has 1 rings (SSSR count). The van der Waals surface area contributed by atoms with Gasteiger partial charge in [-0.3, -0.25) is 0 Å². The van der Waals surface area contributed by atoms with Crippen molar-refractivity contribution in [3.63, 3.8) is 0 Å². The molecular weight excluding hydrogens is 126 g/mol. The smallest absolute Gasteiger partial charge is 0.0207 e. The first-order chi connectivity index (χ1) is 4.79. The van der Waals surface area contributed by atoms with Crippen LogP contribution in [0.2, 0.25) is 0 Å². The second-order valence-corrected chi connectivity index (χ2v) is 3.07. The van der Waals surface area contributed by atoms with Gasteiger partial charge in [-0.1, -0.05) is 0 Å². The Morgan fingerprint density at radius 1 is 1.60 bits per heavy atom. The molecule has 0 unspecified atom stereocenters. The predicted octanol–water partition coefficient (Wildman–Crippen LogP) is -0.715. The fourth-order valence-electron chi connectivity index (χ4n) is 1.33. The van der Waals surface area contributed by atoms with E-state index in [1.54, 1.807) is 0 Å². The molecule has 0 spiro atoms. The van der Waals surface area contributed by atoms with Crippen molar-refractivity contribution >= 4 is 0 Å². The molecule has 3 heteroatoms. The largest absolute Gasteiger partial charge is 0.328 e. The van der Waals surface area contributed by atoms with E-state index in [0.29, 0.717) is 12.1 Å². The van der Waals surface area contributed by atoms with Gasteiger partial charge in [0.1, 0.15) is 0 Å². The lowest BCUT2D eigenvalue weighted by Crippen LogP contribution is -2.50. The highest BCUT2D eigenvalue weighted by molar-refractivity contribution is 4.77. The van der Waals surface area contributed by atoms with Crippen LogP contribution < -0.4 is 16.4 Å². The molecule has 3 nitrogen and oxygen atoms in total. The number of nitrogens with two attached hydrogens (primary N) is 1. The van der Waals surface area contributed by atoms with Gasteiger partial charge in [-0.05, 0) is 13.3 Å².